The lowest BCUT2D eigenvalue weighted by Gasteiger charge is -2.13. The third-order valence-electron chi connectivity index (χ3n) is 4.72. The highest BCUT2D eigenvalue weighted by Gasteiger charge is 2.06. The van der Waals surface area contributed by atoms with E-state index in [2.05, 4.69) is 25.6 Å². The van der Waals surface area contributed by atoms with Gasteiger partial charge in [0.05, 0.1) is 14.2 Å². The van der Waals surface area contributed by atoms with Crippen LogP contribution in [0, 0.1) is 6.92 Å². The number of methoxy groups -OCH3 is 2. The largest absolute Gasteiger partial charge is 0.493 e. The topological polar surface area (TPSA) is 85.6 Å². The van der Waals surface area contributed by atoms with Gasteiger partial charge in [-0.1, -0.05) is 12.1 Å². The molecule has 0 aliphatic heterocycles. The van der Waals surface area contributed by atoms with Crippen LogP contribution in [0.5, 0.6) is 11.5 Å². The number of nitrogens with one attached hydrogen (secondary N) is 2. The Bertz CT molecular complexity index is 982. The molecule has 2 aromatic heterocycles. The molecule has 1 aromatic carbocycles. The van der Waals surface area contributed by atoms with Crippen LogP contribution in [0.25, 0.3) is 5.82 Å². The van der Waals surface area contributed by atoms with Gasteiger partial charge < -0.3 is 20.1 Å². The van der Waals surface area contributed by atoms with E-state index >= 15 is 0 Å². The summed E-state index contributed by atoms with van der Waals surface area (Å²) >= 11 is 0. The van der Waals surface area contributed by atoms with Crippen molar-refractivity contribution in [1.29, 1.82) is 0 Å². The molecule has 0 radical (unpaired) electrons. The van der Waals surface area contributed by atoms with Gasteiger partial charge in [0, 0.05) is 38.7 Å². The Hall–Kier alpha value is -3.55. The second kappa shape index (κ2) is 10.3. The van der Waals surface area contributed by atoms with Gasteiger partial charge >= 0.3 is 0 Å². The molecule has 0 amide bonds. The maximum Gasteiger partial charge on any atom is 0.191 e. The average Bonchev–Trinajstić information content (AvgIpc) is 3.22. The fraction of sp³-hybridized carbons (Fsp3) is 0.318. The van der Waals surface area contributed by atoms with Gasteiger partial charge in [0.1, 0.15) is 11.6 Å². The maximum atomic E-state index is 5.36. The van der Waals surface area contributed by atoms with Crippen molar-refractivity contribution >= 4 is 5.96 Å². The van der Waals surface area contributed by atoms with Crippen molar-refractivity contribution in [2.45, 2.75) is 19.9 Å². The highest BCUT2D eigenvalue weighted by atomic mass is 16.5. The fourth-order valence-corrected chi connectivity index (χ4v) is 3.05. The number of guanidine groups is 1. The van der Waals surface area contributed by atoms with Gasteiger partial charge in [-0.3, -0.25) is 9.56 Å². The summed E-state index contributed by atoms with van der Waals surface area (Å²) in [4.78, 5) is 13.0. The zero-order chi connectivity index (χ0) is 21.3. The van der Waals surface area contributed by atoms with Crippen LogP contribution in [0.15, 0.2) is 53.9 Å². The molecular formula is C22H28N6O2. The SMILES string of the molecule is CN=C(NCCc1ccc(OC)c(OC)c1)NCc1ccc(-n2ccnc2C)nc1. The number of ether oxygens (including phenoxy) is 2. The fourth-order valence-electron chi connectivity index (χ4n) is 3.05. The van der Waals surface area contributed by atoms with Crippen LogP contribution in [-0.4, -0.2) is 48.3 Å². The van der Waals surface area contributed by atoms with Crippen LogP contribution in [-0.2, 0) is 13.0 Å². The molecule has 2 heterocycles. The first-order valence-electron chi connectivity index (χ1n) is 9.75. The van der Waals surface area contributed by atoms with Crippen LogP contribution in [0.1, 0.15) is 17.0 Å². The third-order valence-corrected chi connectivity index (χ3v) is 4.72. The van der Waals surface area contributed by atoms with E-state index in [1.807, 2.05) is 54.2 Å². The molecule has 0 spiro atoms. The molecule has 0 fully saturated rings. The number of benzene rings is 1. The maximum absolute atomic E-state index is 5.36. The van der Waals surface area contributed by atoms with Crippen molar-refractivity contribution in [3.05, 3.63) is 65.9 Å². The van der Waals surface area contributed by atoms with E-state index < -0.39 is 0 Å². The Morgan fingerprint density at radius 2 is 1.83 bits per heavy atom. The molecule has 3 rings (SSSR count). The molecule has 2 N–H and O–H groups in total. The Morgan fingerprint density at radius 3 is 2.47 bits per heavy atom. The smallest absolute Gasteiger partial charge is 0.191 e. The minimum Gasteiger partial charge on any atom is -0.493 e. The van der Waals surface area contributed by atoms with Crippen LogP contribution in [0.4, 0.5) is 0 Å². The number of aryl methyl sites for hydroxylation is 1. The van der Waals surface area contributed by atoms with Crippen molar-refractivity contribution in [2.75, 3.05) is 27.8 Å². The second-order valence-corrected chi connectivity index (χ2v) is 6.66. The first-order chi connectivity index (χ1) is 14.6. The van der Waals surface area contributed by atoms with Gasteiger partial charge in [0.15, 0.2) is 17.5 Å². The molecule has 8 nitrogen and oxygen atoms in total. The Labute approximate surface area is 177 Å². The predicted molar refractivity (Wildman–Crippen MR) is 118 cm³/mol. The molecule has 30 heavy (non-hydrogen) atoms. The normalized spacial score (nSPS) is 11.3. The first kappa shape index (κ1) is 21.2. The molecule has 158 valence electrons. The number of aliphatic imine (C=N–C) groups is 1. The van der Waals surface area contributed by atoms with E-state index in [1.165, 1.54) is 0 Å². The molecule has 0 saturated heterocycles. The van der Waals surface area contributed by atoms with E-state index in [1.54, 1.807) is 27.5 Å². The number of hydrogen-bond acceptors (Lipinski definition) is 5. The van der Waals surface area contributed by atoms with Gasteiger partial charge in [0.2, 0.25) is 0 Å². The number of aromatic nitrogens is 3. The van der Waals surface area contributed by atoms with E-state index in [0.717, 1.165) is 53.2 Å². The Morgan fingerprint density at radius 1 is 1.03 bits per heavy atom. The van der Waals surface area contributed by atoms with Crippen LogP contribution < -0.4 is 20.1 Å². The summed E-state index contributed by atoms with van der Waals surface area (Å²) in [5, 5.41) is 6.64. The van der Waals surface area contributed by atoms with Crippen molar-refractivity contribution in [2.24, 2.45) is 4.99 Å². The van der Waals surface area contributed by atoms with Crippen molar-refractivity contribution in [3.8, 4) is 17.3 Å². The highest BCUT2D eigenvalue weighted by Crippen LogP contribution is 2.27. The van der Waals surface area contributed by atoms with E-state index in [9.17, 15) is 0 Å². The number of rotatable bonds is 8. The molecule has 0 aliphatic carbocycles. The van der Waals surface area contributed by atoms with E-state index in [-0.39, 0.29) is 0 Å². The monoisotopic (exact) mass is 408 g/mol. The molecule has 0 bridgehead atoms. The van der Waals surface area contributed by atoms with Gasteiger partial charge in [0.25, 0.3) is 0 Å². The Balaban J connectivity index is 1.49. The average molecular weight is 409 g/mol. The lowest BCUT2D eigenvalue weighted by molar-refractivity contribution is 0.354. The molecule has 0 unspecified atom stereocenters. The summed E-state index contributed by atoms with van der Waals surface area (Å²) in [5.41, 5.74) is 2.23. The molecule has 3 aromatic rings. The quantitative estimate of drug-likeness (QED) is 0.440. The predicted octanol–water partition coefficient (Wildman–Crippen LogP) is 2.50. The van der Waals surface area contributed by atoms with Crippen molar-refractivity contribution in [3.63, 3.8) is 0 Å². The molecule has 0 aliphatic rings. The molecule has 8 heteroatoms. The van der Waals surface area contributed by atoms with Crippen LogP contribution in [0.3, 0.4) is 0 Å². The lowest BCUT2D eigenvalue weighted by Crippen LogP contribution is -2.37. The van der Waals surface area contributed by atoms with Gasteiger partial charge in [-0.2, -0.15) is 0 Å². The van der Waals surface area contributed by atoms with E-state index in [4.69, 9.17) is 9.47 Å². The summed E-state index contributed by atoms with van der Waals surface area (Å²) in [6.07, 6.45) is 6.37. The highest BCUT2D eigenvalue weighted by molar-refractivity contribution is 5.79. The second-order valence-electron chi connectivity index (χ2n) is 6.66. The van der Waals surface area contributed by atoms with Crippen molar-refractivity contribution < 1.29 is 9.47 Å². The molecule has 0 saturated carbocycles. The van der Waals surface area contributed by atoms with Gasteiger partial charge in [-0.15, -0.1) is 0 Å². The summed E-state index contributed by atoms with van der Waals surface area (Å²) in [5.74, 6) is 3.97. The van der Waals surface area contributed by atoms with Crippen LogP contribution >= 0.6 is 0 Å². The lowest BCUT2D eigenvalue weighted by atomic mass is 10.1. The number of nitrogens with zero attached hydrogens (tertiary/aromatic N) is 4. The van der Waals surface area contributed by atoms with Crippen molar-refractivity contribution in [1.82, 2.24) is 25.2 Å². The third kappa shape index (κ3) is 5.28. The summed E-state index contributed by atoms with van der Waals surface area (Å²) in [7, 11) is 5.04. The zero-order valence-electron chi connectivity index (χ0n) is 17.8. The van der Waals surface area contributed by atoms with Gasteiger partial charge in [-0.05, 0) is 42.7 Å². The number of pyridine rings is 1. The Kier molecular flexibility index (Phi) is 7.26. The zero-order valence-corrected chi connectivity index (χ0v) is 17.8. The van der Waals surface area contributed by atoms with Gasteiger partial charge in [-0.25, -0.2) is 9.97 Å². The summed E-state index contributed by atoms with van der Waals surface area (Å²) in [6.45, 7) is 3.33. The summed E-state index contributed by atoms with van der Waals surface area (Å²) in [6, 6.07) is 9.98. The minimum absolute atomic E-state index is 0.631. The van der Waals surface area contributed by atoms with Crippen LogP contribution in [0.2, 0.25) is 0 Å². The summed E-state index contributed by atoms with van der Waals surface area (Å²) < 4.78 is 12.6. The first-order valence-corrected chi connectivity index (χ1v) is 9.75. The van der Waals surface area contributed by atoms with E-state index in [0.29, 0.717) is 6.54 Å². The molecule has 0 atom stereocenters. The standard InChI is InChI=1S/C22H28N6O2/c1-16-24-11-12-28(16)21-8-6-18(14-26-21)15-27-22(23-2)25-10-9-17-5-7-19(29-3)20(13-17)30-4/h5-8,11-14H,9-10,15H2,1-4H3,(H2,23,25,27). The molecular weight excluding hydrogens is 380 g/mol. The minimum atomic E-state index is 0.631. The number of hydrogen-bond donors (Lipinski definition) is 2. The number of imidazole rings is 1.